The van der Waals surface area contributed by atoms with Crippen molar-refractivity contribution in [1.29, 1.82) is 0 Å². The molecule has 7 heteroatoms. The Morgan fingerprint density at radius 2 is 2.29 bits per heavy atom. The van der Waals surface area contributed by atoms with Gasteiger partial charge in [0.1, 0.15) is 21.2 Å². The minimum atomic E-state index is -0.168. The topological polar surface area (TPSA) is 83.8 Å². The molecule has 2 aromatic rings. The van der Waals surface area contributed by atoms with Gasteiger partial charge in [-0.2, -0.15) is 0 Å². The summed E-state index contributed by atoms with van der Waals surface area (Å²) in [6, 6.07) is -0.147. The lowest BCUT2D eigenvalue weighted by Gasteiger charge is -2.11. The Labute approximate surface area is 111 Å². The summed E-state index contributed by atoms with van der Waals surface area (Å²) in [5, 5.41) is 3.09. The standard InChI is InChI=1S/C10H11IN4O2/c1-5-3-12-10(17-5)6(2)15-8-7(11)9(16)14-4-13-8/h3-4,6H,1-2H3,(H2,13,14,15,16). The van der Waals surface area contributed by atoms with E-state index >= 15 is 0 Å². The number of oxazole rings is 1. The third kappa shape index (κ3) is 2.65. The summed E-state index contributed by atoms with van der Waals surface area (Å²) in [5.41, 5.74) is -0.168. The van der Waals surface area contributed by atoms with Gasteiger partial charge in [0, 0.05) is 0 Å². The molecule has 1 unspecified atom stereocenters. The van der Waals surface area contributed by atoms with Crippen LogP contribution >= 0.6 is 22.6 Å². The van der Waals surface area contributed by atoms with Crippen molar-refractivity contribution in [3.63, 3.8) is 0 Å². The summed E-state index contributed by atoms with van der Waals surface area (Å²) >= 11 is 1.94. The Hall–Kier alpha value is -1.38. The van der Waals surface area contributed by atoms with E-state index in [-0.39, 0.29) is 11.6 Å². The molecule has 2 aromatic heterocycles. The van der Waals surface area contributed by atoms with Crippen LogP contribution in [0.25, 0.3) is 0 Å². The fraction of sp³-hybridized carbons (Fsp3) is 0.300. The third-order valence-corrected chi connectivity index (χ3v) is 3.16. The van der Waals surface area contributed by atoms with Crippen LogP contribution in [0.1, 0.15) is 24.6 Å². The first kappa shape index (κ1) is 12.1. The van der Waals surface area contributed by atoms with Gasteiger partial charge in [-0.25, -0.2) is 9.97 Å². The van der Waals surface area contributed by atoms with Gasteiger partial charge in [0.25, 0.3) is 5.56 Å². The summed E-state index contributed by atoms with van der Waals surface area (Å²) in [6.45, 7) is 3.72. The number of rotatable bonds is 3. The number of aromatic nitrogens is 3. The van der Waals surface area contributed by atoms with E-state index in [0.29, 0.717) is 15.3 Å². The number of aryl methyl sites for hydroxylation is 1. The molecule has 0 saturated carbocycles. The molecular weight excluding hydrogens is 335 g/mol. The van der Waals surface area contributed by atoms with E-state index in [1.165, 1.54) is 6.33 Å². The molecule has 0 aliphatic rings. The van der Waals surface area contributed by atoms with Crippen molar-refractivity contribution in [3.05, 3.63) is 38.1 Å². The van der Waals surface area contributed by atoms with Crippen molar-refractivity contribution in [3.8, 4) is 0 Å². The average molecular weight is 346 g/mol. The molecule has 0 aliphatic carbocycles. The maximum Gasteiger partial charge on any atom is 0.266 e. The van der Waals surface area contributed by atoms with Gasteiger partial charge < -0.3 is 14.7 Å². The summed E-state index contributed by atoms with van der Waals surface area (Å²) in [7, 11) is 0. The fourth-order valence-corrected chi connectivity index (χ4v) is 1.77. The van der Waals surface area contributed by atoms with Crippen molar-refractivity contribution in [2.45, 2.75) is 19.9 Å². The van der Waals surface area contributed by atoms with E-state index in [4.69, 9.17) is 4.42 Å². The second kappa shape index (κ2) is 4.86. The molecule has 2 rings (SSSR count). The number of hydrogen-bond acceptors (Lipinski definition) is 5. The Balaban J connectivity index is 2.21. The molecule has 6 nitrogen and oxygen atoms in total. The molecule has 0 spiro atoms. The highest BCUT2D eigenvalue weighted by molar-refractivity contribution is 14.1. The largest absolute Gasteiger partial charge is 0.444 e. The maximum absolute atomic E-state index is 11.4. The van der Waals surface area contributed by atoms with Crippen LogP contribution in [0.3, 0.4) is 0 Å². The molecular formula is C10H11IN4O2. The number of halogens is 1. The lowest BCUT2D eigenvalue weighted by atomic mass is 10.3. The zero-order valence-electron chi connectivity index (χ0n) is 9.32. The zero-order chi connectivity index (χ0) is 12.4. The van der Waals surface area contributed by atoms with Gasteiger partial charge >= 0.3 is 0 Å². The number of nitrogens with zero attached hydrogens (tertiary/aromatic N) is 2. The monoisotopic (exact) mass is 346 g/mol. The zero-order valence-corrected chi connectivity index (χ0v) is 11.5. The van der Waals surface area contributed by atoms with Gasteiger partial charge in [-0.3, -0.25) is 4.79 Å². The molecule has 2 N–H and O–H groups in total. The Morgan fingerprint density at radius 3 is 2.94 bits per heavy atom. The molecule has 0 amide bonds. The van der Waals surface area contributed by atoms with E-state index in [9.17, 15) is 4.79 Å². The van der Waals surface area contributed by atoms with Gasteiger partial charge in [-0.05, 0) is 36.4 Å². The Kier molecular flexibility index (Phi) is 3.46. The van der Waals surface area contributed by atoms with Gasteiger partial charge in [-0.15, -0.1) is 0 Å². The van der Waals surface area contributed by atoms with E-state index in [1.807, 2.05) is 36.4 Å². The summed E-state index contributed by atoms with van der Waals surface area (Å²) in [6.07, 6.45) is 3.02. The maximum atomic E-state index is 11.4. The lowest BCUT2D eigenvalue weighted by Crippen LogP contribution is -2.16. The van der Waals surface area contributed by atoms with Gasteiger partial charge in [0.05, 0.1) is 12.5 Å². The van der Waals surface area contributed by atoms with E-state index in [0.717, 1.165) is 5.76 Å². The molecule has 0 aliphatic heterocycles. The second-order valence-electron chi connectivity index (χ2n) is 3.57. The third-order valence-electron chi connectivity index (χ3n) is 2.16. The second-order valence-corrected chi connectivity index (χ2v) is 4.65. The van der Waals surface area contributed by atoms with E-state index in [1.54, 1.807) is 6.20 Å². The fourth-order valence-electron chi connectivity index (χ4n) is 1.32. The minimum absolute atomic E-state index is 0.147. The predicted octanol–water partition coefficient (Wildman–Crippen LogP) is 1.84. The average Bonchev–Trinajstić information content (AvgIpc) is 2.72. The SMILES string of the molecule is Cc1cnc(C(C)Nc2nc[nH]c(=O)c2I)o1. The number of anilines is 1. The van der Waals surface area contributed by atoms with Crippen molar-refractivity contribution in [2.75, 3.05) is 5.32 Å². The van der Waals surface area contributed by atoms with Crippen LogP contribution in [0.4, 0.5) is 5.82 Å². The first-order valence-corrected chi connectivity index (χ1v) is 6.08. The van der Waals surface area contributed by atoms with Crippen LogP contribution in [0.2, 0.25) is 0 Å². The summed E-state index contributed by atoms with van der Waals surface area (Å²) in [4.78, 5) is 22.1. The van der Waals surface area contributed by atoms with Crippen LogP contribution in [0.5, 0.6) is 0 Å². The molecule has 0 bridgehead atoms. The highest BCUT2D eigenvalue weighted by Gasteiger charge is 2.14. The van der Waals surface area contributed by atoms with E-state index in [2.05, 4.69) is 20.3 Å². The van der Waals surface area contributed by atoms with Gasteiger partial charge in [0.2, 0.25) is 5.89 Å². The molecule has 0 aromatic carbocycles. The summed E-state index contributed by atoms with van der Waals surface area (Å²) < 4.78 is 5.91. The van der Waals surface area contributed by atoms with Crippen LogP contribution < -0.4 is 10.9 Å². The molecule has 1 atom stereocenters. The highest BCUT2D eigenvalue weighted by Crippen LogP contribution is 2.19. The molecule has 90 valence electrons. The first-order chi connectivity index (χ1) is 8.08. The van der Waals surface area contributed by atoms with Gasteiger partial charge in [0.15, 0.2) is 0 Å². The number of hydrogen-bond donors (Lipinski definition) is 2. The number of nitrogens with one attached hydrogen (secondary N) is 2. The molecule has 0 fully saturated rings. The van der Waals surface area contributed by atoms with E-state index < -0.39 is 0 Å². The molecule has 0 radical (unpaired) electrons. The Bertz CT molecular complexity index is 578. The highest BCUT2D eigenvalue weighted by atomic mass is 127. The quantitative estimate of drug-likeness (QED) is 0.829. The Morgan fingerprint density at radius 1 is 1.53 bits per heavy atom. The van der Waals surface area contributed by atoms with Crippen LogP contribution in [0.15, 0.2) is 21.7 Å². The van der Waals surface area contributed by atoms with Gasteiger partial charge in [-0.1, -0.05) is 0 Å². The lowest BCUT2D eigenvalue weighted by molar-refractivity contribution is 0.453. The van der Waals surface area contributed by atoms with Crippen molar-refractivity contribution in [1.82, 2.24) is 15.0 Å². The van der Waals surface area contributed by atoms with Crippen LogP contribution in [-0.4, -0.2) is 15.0 Å². The smallest absolute Gasteiger partial charge is 0.266 e. The van der Waals surface area contributed by atoms with Crippen LogP contribution in [0, 0.1) is 10.5 Å². The summed E-state index contributed by atoms with van der Waals surface area (Å²) in [5.74, 6) is 1.85. The number of H-pyrrole nitrogens is 1. The molecule has 0 saturated heterocycles. The van der Waals surface area contributed by atoms with Crippen molar-refractivity contribution in [2.24, 2.45) is 0 Å². The molecule has 2 heterocycles. The minimum Gasteiger partial charge on any atom is -0.444 e. The van der Waals surface area contributed by atoms with Crippen molar-refractivity contribution >= 4 is 28.4 Å². The molecule has 17 heavy (non-hydrogen) atoms. The first-order valence-electron chi connectivity index (χ1n) is 5.00. The van der Waals surface area contributed by atoms with Crippen molar-refractivity contribution < 1.29 is 4.42 Å². The normalized spacial score (nSPS) is 12.4. The van der Waals surface area contributed by atoms with Crippen LogP contribution in [-0.2, 0) is 0 Å². The number of aromatic amines is 1. The predicted molar refractivity (Wildman–Crippen MR) is 70.9 cm³/mol.